The molecule has 96 valence electrons. The van der Waals surface area contributed by atoms with Crippen LogP contribution in [0.3, 0.4) is 0 Å². The van der Waals surface area contributed by atoms with Crippen molar-refractivity contribution in [3.63, 3.8) is 0 Å². The maximum atomic E-state index is 11.3. The molecule has 5 heteroatoms. The first-order valence-electron chi connectivity index (χ1n) is 6.01. The van der Waals surface area contributed by atoms with Gasteiger partial charge in [-0.2, -0.15) is 0 Å². The van der Waals surface area contributed by atoms with Gasteiger partial charge >= 0.3 is 0 Å². The summed E-state index contributed by atoms with van der Waals surface area (Å²) in [6.45, 7) is 7.11. The molecule has 0 aromatic rings. The first-order chi connectivity index (χ1) is 7.39. The van der Waals surface area contributed by atoms with Crippen molar-refractivity contribution >= 4 is 9.84 Å². The monoisotopic (exact) mass is 248 g/mol. The van der Waals surface area contributed by atoms with Crippen LogP contribution in [-0.4, -0.2) is 57.5 Å². The lowest BCUT2D eigenvalue weighted by Gasteiger charge is -2.20. The van der Waals surface area contributed by atoms with Crippen molar-refractivity contribution in [2.24, 2.45) is 5.92 Å². The van der Waals surface area contributed by atoms with E-state index in [1.807, 2.05) is 0 Å². The molecular weight excluding hydrogens is 224 g/mol. The van der Waals surface area contributed by atoms with Gasteiger partial charge < -0.3 is 10.2 Å². The van der Waals surface area contributed by atoms with Gasteiger partial charge in [0.05, 0.1) is 11.5 Å². The van der Waals surface area contributed by atoms with Gasteiger partial charge in [0.15, 0.2) is 9.84 Å². The van der Waals surface area contributed by atoms with Crippen LogP contribution in [0.4, 0.5) is 0 Å². The van der Waals surface area contributed by atoms with E-state index in [-0.39, 0.29) is 0 Å². The second kappa shape index (κ2) is 5.98. The third-order valence-electron chi connectivity index (χ3n) is 2.94. The summed E-state index contributed by atoms with van der Waals surface area (Å²) >= 11 is 0. The second-order valence-electron chi connectivity index (χ2n) is 5.14. The third-order valence-corrected chi connectivity index (χ3v) is 4.78. The predicted octanol–water partition coefficient (Wildman–Crippen LogP) is 0.351. The average Bonchev–Trinajstić information content (AvgIpc) is 2.44. The summed E-state index contributed by atoms with van der Waals surface area (Å²) in [4.78, 5) is 2.22. The SMILES string of the molecule is CC(C)NCCN(C)CC1CCS(=O)(=O)C1. The molecule has 1 unspecified atom stereocenters. The highest BCUT2D eigenvalue weighted by Gasteiger charge is 2.28. The summed E-state index contributed by atoms with van der Waals surface area (Å²) in [6, 6.07) is 0.514. The molecule has 1 rings (SSSR count). The van der Waals surface area contributed by atoms with Crippen LogP contribution in [-0.2, 0) is 9.84 Å². The Balaban J connectivity index is 2.17. The first kappa shape index (κ1) is 13.9. The zero-order chi connectivity index (χ0) is 12.2. The number of nitrogens with zero attached hydrogens (tertiary/aromatic N) is 1. The van der Waals surface area contributed by atoms with Crippen molar-refractivity contribution in [3.05, 3.63) is 0 Å². The molecule has 0 spiro atoms. The van der Waals surface area contributed by atoms with Crippen molar-refractivity contribution in [3.8, 4) is 0 Å². The smallest absolute Gasteiger partial charge is 0.150 e. The molecule has 0 saturated carbocycles. The Bertz CT molecular complexity index is 301. The molecule has 0 aromatic carbocycles. The van der Waals surface area contributed by atoms with Gasteiger partial charge in [-0.3, -0.25) is 0 Å². The number of likely N-dealkylation sites (N-methyl/N-ethyl adjacent to an activating group) is 1. The molecule has 16 heavy (non-hydrogen) atoms. The lowest BCUT2D eigenvalue weighted by atomic mass is 10.1. The van der Waals surface area contributed by atoms with Crippen LogP contribution in [0.2, 0.25) is 0 Å². The molecule has 1 N–H and O–H groups in total. The van der Waals surface area contributed by atoms with Crippen LogP contribution in [0, 0.1) is 5.92 Å². The second-order valence-corrected chi connectivity index (χ2v) is 7.37. The van der Waals surface area contributed by atoms with E-state index in [1.54, 1.807) is 0 Å². The van der Waals surface area contributed by atoms with E-state index in [0.29, 0.717) is 23.5 Å². The molecule has 0 aliphatic carbocycles. The summed E-state index contributed by atoms with van der Waals surface area (Å²) in [5.74, 6) is 1.11. The maximum absolute atomic E-state index is 11.3. The molecule has 0 amide bonds. The van der Waals surface area contributed by atoms with E-state index in [1.165, 1.54) is 0 Å². The molecule has 1 aliphatic rings. The van der Waals surface area contributed by atoms with Gasteiger partial charge in [0, 0.05) is 25.7 Å². The van der Waals surface area contributed by atoms with E-state index in [9.17, 15) is 8.42 Å². The van der Waals surface area contributed by atoms with E-state index in [2.05, 4.69) is 31.1 Å². The fourth-order valence-electron chi connectivity index (χ4n) is 2.09. The number of nitrogens with one attached hydrogen (secondary N) is 1. The normalized spacial score (nSPS) is 24.4. The van der Waals surface area contributed by atoms with Gasteiger partial charge in [-0.1, -0.05) is 13.8 Å². The van der Waals surface area contributed by atoms with E-state index >= 15 is 0 Å². The van der Waals surface area contributed by atoms with Gasteiger partial charge in [0.25, 0.3) is 0 Å². The number of hydrogen-bond donors (Lipinski definition) is 1. The van der Waals surface area contributed by atoms with E-state index in [4.69, 9.17) is 0 Å². The molecule has 0 radical (unpaired) electrons. The Kier molecular flexibility index (Phi) is 5.21. The Hall–Kier alpha value is -0.130. The van der Waals surface area contributed by atoms with Crippen LogP contribution in [0.25, 0.3) is 0 Å². The Labute approximate surface area is 99.3 Å². The fraction of sp³-hybridized carbons (Fsp3) is 1.00. The minimum atomic E-state index is -2.72. The van der Waals surface area contributed by atoms with Gasteiger partial charge in [0.1, 0.15) is 0 Å². The summed E-state index contributed by atoms with van der Waals surface area (Å²) in [5, 5.41) is 3.36. The van der Waals surface area contributed by atoms with Crippen molar-refractivity contribution < 1.29 is 8.42 Å². The summed E-state index contributed by atoms with van der Waals surface area (Å²) in [7, 11) is -0.655. The largest absolute Gasteiger partial charge is 0.313 e. The molecule has 1 fully saturated rings. The average molecular weight is 248 g/mol. The predicted molar refractivity (Wildman–Crippen MR) is 67.4 cm³/mol. The zero-order valence-corrected chi connectivity index (χ0v) is 11.4. The number of sulfone groups is 1. The van der Waals surface area contributed by atoms with Crippen molar-refractivity contribution in [1.82, 2.24) is 10.2 Å². The topological polar surface area (TPSA) is 49.4 Å². The maximum Gasteiger partial charge on any atom is 0.150 e. The lowest BCUT2D eigenvalue weighted by Crippen LogP contribution is -2.35. The molecule has 1 atom stereocenters. The molecule has 4 nitrogen and oxygen atoms in total. The van der Waals surface area contributed by atoms with Crippen LogP contribution in [0.15, 0.2) is 0 Å². The fourth-order valence-corrected chi connectivity index (χ4v) is 3.94. The molecule has 1 heterocycles. The number of rotatable bonds is 6. The van der Waals surface area contributed by atoms with Gasteiger partial charge in [-0.05, 0) is 19.4 Å². The van der Waals surface area contributed by atoms with Crippen molar-refractivity contribution in [2.75, 3.05) is 38.2 Å². The summed E-state index contributed by atoms with van der Waals surface area (Å²) in [5.41, 5.74) is 0. The molecule has 0 aromatic heterocycles. The van der Waals surface area contributed by atoms with Crippen molar-refractivity contribution in [2.45, 2.75) is 26.3 Å². The van der Waals surface area contributed by atoms with Gasteiger partial charge in [-0.15, -0.1) is 0 Å². The molecule has 1 aliphatic heterocycles. The lowest BCUT2D eigenvalue weighted by molar-refractivity contribution is 0.285. The minimum Gasteiger partial charge on any atom is -0.313 e. The van der Waals surface area contributed by atoms with E-state index in [0.717, 1.165) is 26.1 Å². The highest BCUT2D eigenvalue weighted by molar-refractivity contribution is 7.91. The van der Waals surface area contributed by atoms with Crippen LogP contribution < -0.4 is 5.32 Å². The van der Waals surface area contributed by atoms with Gasteiger partial charge in [0.2, 0.25) is 0 Å². The minimum absolute atomic E-state index is 0.342. The third kappa shape index (κ3) is 5.27. The summed E-state index contributed by atoms with van der Waals surface area (Å²) in [6.07, 6.45) is 0.838. The number of hydrogen-bond acceptors (Lipinski definition) is 4. The Morgan fingerprint density at radius 2 is 2.12 bits per heavy atom. The zero-order valence-electron chi connectivity index (χ0n) is 10.6. The standard InChI is InChI=1S/C11H24N2O2S/c1-10(2)12-5-6-13(3)8-11-4-7-16(14,15)9-11/h10-12H,4-9H2,1-3H3. The quantitative estimate of drug-likeness (QED) is 0.737. The highest BCUT2D eigenvalue weighted by atomic mass is 32.2. The summed E-state index contributed by atoms with van der Waals surface area (Å²) < 4.78 is 22.6. The molecule has 1 saturated heterocycles. The van der Waals surface area contributed by atoms with Gasteiger partial charge in [-0.25, -0.2) is 8.42 Å². The highest BCUT2D eigenvalue weighted by Crippen LogP contribution is 2.18. The Morgan fingerprint density at radius 1 is 1.44 bits per heavy atom. The van der Waals surface area contributed by atoms with Crippen LogP contribution in [0.5, 0.6) is 0 Å². The first-order valence-corrected chi connectivity index (χ1v) is 7.83. The van der Waals surface area contributed by atoms with Crippen LogP contribution >= 0.6 is 0 Å². The van der Waals surface area contributed by atoms with Crippen LogP contribution in [0.1, 0.15) is 20.3 Å². The molecule has 0 bridgehead atoms. The van der Waals surface area contributed by atoms with E-state index < -0.39 is 9.84 Å². The van der Waals surface area contributed by atoms with Crippen molar-refractivity contribution in [1.29, 1.82) is 0 Å². The Morgan fingerprint density at radius 3 is 2.62 bits per heavy atom. The molecular formula is C11H24N2O2S.